The van der Waals surface area contributed by atoms with E-state index in [0.29, 0.717) is 6.42 Å². The Morgan fingerprint density at radius 3 is 1.07 bits per heavy atom. The highest BCUT2D eigenvalue weighted by Crippen LogP contribution is 2.19. The zero-order valence-corrected chi connectivity index (χ0v) is 30.8. The molecule has 0 rings (SSSR count). The Balaban J connectivity index is 3.80. The number of carbonyl (C=O) groups is 1. The molecule has 0 saturated carbocycles. The summed E-state index contributed by atoms with van der Waals surface area (Å²) in [6, 6.07) is 0. The van der Waals surface area contributed by atoms with Crippen LogP contribution in [0.1, 0.15) is 245 Å². The molecule has 0 spiro atoms. The quantitative estimate of drug-likeness (QED) is 0.0393. The van der Waals surface area contributed by atoms with E-state index < -0.39 is 0 Å². The van der Waals surface area contributed by atoms with E-state index in [1.807, 2.05) is 0 Å². The van der Waals surface area contributed by atoms with Crippen molar-refractivity contribution >= 4 is 5.97 Å². The first-order chi connectivity index (χ1) is 21.7. The molecule has 0 aromatic carbocycles. The van der Waals surface area contributed by atoms with E-state index in [1.54, 1.807) is 0 Å². The summed E-state index contributed by atoms with van der Waals surface area (Å²) >= 11 is 0. The van der Waals surface area contributed by atoms with Gasteiger partial charge >= 0.3 is 5.97 Å². The standard InChI is InChI=1S/C42H82O2/c1-4-7-10-13-16-18-19-20-21-22-23-24-25-26-27-29-31-34-37-40-42(43)44-41(38-35-32-15-12-9-6-3)39-36-33-30-28-17-14-11-8-5-2/h20-21,41H,4-19,22-40H2,1-3H3/b21-20-/t41-/m1/s1. The molecule has 44 heavy (non-hydrogen) atoms. The first-order valence-corrected chi connectivity index (χ1v) is 20.6. The number of unbranched alkanes of at least 4 members (excludes halogenated alkanes) is 28. The summed E-state index contributed by atoms with van der Waals surface area (Å²) in [5.41, 5.74) is 0. The van der Waals surface area contributed by atoms with Gasteiger partial charge in [0.15, 0.2) is 0 Å². The number of hydrogen-bond acceptors (Lipinski definition) is 2. The van der Waals surface area contributed by atoms with Gasteiger partial charge in [-0.15, -0.1) is 0 Å². The van der Waals surface area contributed by atoms with E-state index in [2.05, 4.69) is 32.9 Å². The van der Waals surface area contributed by atoms with Gasteiger partial charge in [-0.05, 0) is 57.8 Å². The van der Waals surface area contributed by atoms with E-state index in [0.717, 1.165) is 19.3 Å². The van der Waals surface area contributed by atoms with Crippen LogP contribution in [0.3, 0.4) is 0 Å². The van der Waals surface area contributed by atoms with Crippen LogP contribution in [0.2, 0.25) is 0 Å². The highest BCUT2D eigenvalue weighted by Gasteiger charge is 2.14. The molecule has 0 aliphatic rings. The second-order valence-electron chi connectivity index (χ2n) is 14.0. The van der Waals surface area contributed by atoms with Gasteiger partial charge in [-0.1, -0.05) is 193 Å². The predicted molar refractivity (Wildman–Crippen MR) is 198 cm³/mol. The summed E-state index contributed by atoms with van der Waals surface area (Å²) in [5, 5.41) is 0. The molecule has 0 amide bonds. The van der Waals surface area contributed by atoms with Crippen molar-refractivity contribution in [1.29, 1.82) is 0 Å². The maximum Gasteiger partial charge on any atom is 0.306 e. The van der Waals surface area contributed by atoms with Crippen LogP contribution in [-0.2, 0) is 9.53 Å². The van der Waals surface area contributed by atoms with Crippen LogP contribution in [0.15, 0.2) is 12.2 Å². The number of allylic oxidation sites excluding steroid dienone is 2. The lowest BCUT2D eigenvalue weighted by atomic mass is 10.0. The van der Waals surface area contributed by atoms with Crippen molar-refractivity contribution in [1.82, 2.24) is 0 Å². The molecule has 1 atom stereocenters. The Kier molecular flexibility index (Phi) is 37.7. The van der Waals surface area contributed by atoms with Gasteiger partial charge in [0.25, 0.3) is 0 Å². The van der Waals surface area contributed by atoms with Crippen molar-refractivity contribution in [2.24, 2.45) is 0 Å². The van der Waals surface area contributed by atoms with Crippen LogP contribution in [0.25, 0.3) is 0 Å². The van der Waals surface area contributed by atoms with Gasteiger partial charge < -0.3 is 4.74 Å². The number of hydrogen-bond donors (Lipinski definition) is 0. The zero-order valence-electron chi connectivity index (χ0n) is 30.8. The van der Waals surface area contributed by atoms with Gasteiger partial charge in [0.05, 0.1) is 0 Å². The van der Waals surface area contributed by atoms with Gasteiger partial charge in [0.2, 0.25) is 0 Å². The summed E-state index contributed by atoms with van der Waals surface area (Å²) < 4.78 is 6.04. The molecule has 262 valence electrons. The lowest BCUT2D eigenvalue weighted by Gasteiger charge is -2.18. The van der Waals surface area contributed by atoms with E-state index in [-0.39, 0.29) is 12.1 Å². The monoisotopic (exact) mass is 619 g/mol. The normalized spacial score (nSPS) is 12.3. The molecule has 0 saturated heterocycles. The van der Waals surface area contributed by atoms with Gasteiger partial charge in [-0.3, -0.25) is 4.79 Å². The topological polar surface area (TPSA) is 26.3 Å². The van der Waals surface area contributed by atoms with Crippen molar-refractivity contribution in [3.05, 3.63) is 12.2 Å². The smallest absolute Gasteiger partial charge is 0.306 e. The third-order valence-electron chi connectivity index (χ3n) is 9.45. The lowest BCUT2D eigenvalue weighted by Crippen LogP contribution is -2.18. The van der Waals surface area contributed by atoms with E-state index in [1.165, 1.54) is 199 Å². The van der Waals surface area contributed by atoms with Crippen molar-refractivity contribution in [2.45, 2.75) is 252 Å². The fraction of sp³-hybridized carbons (Fsp3) is 0.929. The predicted octanol–water partition coefficient (Wildman–Crippen LogP) is 15.2. The Labute approximate surface area is 278 Å². The van der Waals surface area contributed by atoms with Crippen molar-refractivity contribution < 1.29 is 9.53 Å². The number of carbonyl (C=O) groups excluding carboxylic acids is 1. The summed E-state index contributed by atoms with van der Waals surface area (Å²) in [5.74, 6) is 0.0675. The molecule has 0 bridgehead atoms. The summed E-state index contributed by atoms with van der Waals surface area (Å²) in [7, 11) is 0. The van der Waals surface area contributed by atoms with Gasteiger partial charge in [-0.25, -0.2) is 0 Å². The minimum atomic E-state index is 0.0675. The van der Waals surface area contributed by atoms with E-state index in [4.69, 9.17) is 4.74 Å². The molecule has 0 fully saturated rings. The average molecular weight is 619 g/mol. The maximum absolute atomic E-state index is 12.6. The average Bonchev–Trinajstić information content (AvgIpc) is 3.02. The van der Waals surface area contributed by atoms with Crippen molar-refractivity contribution in [2.75, 3.05) is 0 Å². The third-order valence-corrected chi connectivity index (χ3v) is 9.45. The van der Waals surface area contributed by atoms with E-state index >= 15 is 0 Å². The van der Waals surface area contributed by atoms with E-state index in [9.17, 15) is 4.79 Å². The zero-order chi connectivity index (χ0) is 32.0. The Bertz CT molecular complexity index is 568. The highest BCUT2D eigenvalue weighted by atomic mass is 16.5. The molecule has 0 radical (unpaired) electrons. The fourth-order valence-electron chi connectivity index (χ4n) is 6.39. The van der Waals surface area contributed by atoms with Crippen LogP contribution in [0.5, 0.6) is 0 Å². The Morgan fingerprint density at radius 1 is 0.409 bits per heavy atom. The minimum absolute atomic E-state index is 0.0675. The van der Waals surface area contributed by atoms with Gasteiger partial charge in [0, 0.05) is 6.42 Å². The van der Waals surface area contributed by atoms with Crippen molar-refractivity contribution in [3.63, 3.8) is 0 Å². The first-order valence-electron chi connectivity index (χ1n) is 20.6. The molecule has 0 aromatic rings. The molecule has 2 heteroatoms. The summed E-state index contributed by atoms with van der Waals surface area (Å²) in [6.07, 6.45) is 50.4. The van der Waals surface area contributed by atoms with Crippen LogP contribution in [0.4, 0.5) is 0 Å². The molecular formula is C42H82O2. The maximum atomic E-state index is 12.6. The Morgan fingerprint density at radius 2 is 0.705 bits per heavy atom. The SMILES string of the molecule is CCCCCCCC/C=C\CCCCCCCCCCCC(=O)O[C@H](CCCCCCCC)CCCCCCCCCCC. The number of rotatable bonds is 37. The molecule has 2 nitrogen and oxygen atoms in total. The molecule has 0 aliphatic carbocycles. The van der Waals surface area contributed by atoms with Gasteiger partial charge in [0.1, 0.15) is 6.10 Å². The molecule has 0 N–H and O–H groups in total. The fourth-order valence-corrected chi connectivity index (χ4v) is 6.39. The second kappa shape index (κ2) is 38.4. The number of esters is 1. The first kappa shape index (κ1) is 43.2. The van der Waals surface area contributed by atoms with Crippen LogP contribution < -0.4 is 0 Å². The molecule has 0 aromatic heterocycles. The highest BCUT2D eigenvalue weighted by molar-refractivity contribution is 5.69. The Hall–Kier alpha value is -0.790. The van der Waals surface area contributed by atoms with Gasteiger partial charge in [-0.2, -0.15) is 0 Å². The molecule has 0 aliphatic heterocycles. The second-order valence-corrected chi connectivity index (χ2v) is 14.0. The van der Waals surface area contributed by atoms with Crippen LogP contribution in [0, 0.1) is 0 Å². The largest absolute Gasteiger partial charge is 0.462 e. The summed E-state index contributed by atoms with van der Waals surface area (Å²) in [6.45, 7) is 6.85. The third kappa shape index (κ3) is 35.7. The number of ether oxygens (including phenoxy) is 1. The summed E-state index contributed by atoms with van der Waals surface area (Å²) in [4.78, 5) is 12.6. The minimum Gasteiger partial charge on any atom is -0.462 e. The molecule has 0 unspecified atom stereocenters. The van der Waals surface area contributed by atoms with Crippen LogP contribution in [-0.4, -0.2) is 12.1 Å². The van der Waals surface area contributed by atoms with Crippen LogP contribution >= 0.6 is 0 Å². The molecular weight excluding hydrogens is 536 g/mol. The van der Waals surface area contributed by atoms with Crippen molar-refractivity contribution in [3.8, 4) is 0 Å². The lowest BCUT2D eigenvalue weighted by molar-refractivity contribution is -0.150. The molecule has 0 heterocycles.